The molecule has 2 aliphatic rings. The number of nitrogens with one attached hydrogen (secondary N) is 1. The van der Waals surface area contributed by atoms with Crippen molar-refractivity contribution in [2.24, 2.45) is 5.92 Å². The number of anilines is 1. The van der Waals surface area contributed by atoms with Gasteiger partial charge in [-0.25, -0.2) is 0 Å². The normalized spacial score (nSPS) is 18.6. The molecule has 22 heavy (non-hydrogen) atoms. The van der Waals surface area contributed by atoms with Crippen LogP contribution in [0.4, 0.5) is 5.69 Å². The Morgan fingerprint density at radius 1 is 1.09 bits per heavy atom. The molecular weight excluding hydrogens is 302 g/mol. The maximum absolute atomic E-state index is 12.2. The molecule has 0 radical (unpaired) electrons. The number of rotatable bonds is 3. The van der Waals surface area contributed by atoms with Crippen molar-refractivity contribution in [1.29, 1.82) is 0 Å². The zero-order chi connectivity index (χ0) is 15.4. The average molecular weight is 324 g/mol. The minimum Gasteiger partial charge on any atom is -0.490 e. The van der Waals surface area contributed by atoms with Gasteiger partial charge in [0, 0.05) is 25.0 Å². The van der Waals surface area contributed by atoms with E-state index in [1.165, 1.54) is 19.3 Å². The first-order valence-electron chi connectivity index (χ1n) is 8.11. The summed E-state index contributed by atoms with van der Waals surface area (Å²) >= 11 is 6.25. The van der Waals surface area contributed by atoms with E-state index in [2.05, 4.69) is 5.32 Å². The first-order chi connectivity index (χ1) is 10.7. The summed E-state index contributed by atoms with van der Waals surface area (Å²) in [5, 5.41) is 3.41. The summed E-state index contributed by atoms with van der Waals surface area (Å²) in [4.78, 5) is 12.2. The number of ether oxygens (including phenoxy) is 2. The van der Waals surface area contributed by atoms with Crippen LogP contribution in [0.1, 0.15) is 44.9 Å². The van der Waals surface area contributed by atoms with Crippen LogP contribution in [0.2, 0.25) is 5.02 Å². The molecule has 1 aromatic carbocycles. The number of carbonyl (C=O) groups is 1. The van der Waals surface area contributed by atoms with Gasteiger partial charge in [-0.3, -0.25) is 4.79 Å². The Kier molecular flexibility index (Phi) is 5.08. The highest BCUT2D eigenvalue weighted by Crippen LogP contribution is 2.38. The van der Waals surface area contributed by atoms with Crippen molar-refractivity contribution in [2.75, 3.05) is 18.5 Å². The van der Waals surface area contributed by atoms with Gasteiger partial charge in [-0.15, -0.1) is 0 Å². The van der Waals surface area contributed by atoms with Crippen LogP contribution in [0.3, 0.4) is 0 Å². The monoisotopic (exact) mass is 323 g/mol. The smallest absolute Gasteiger partial charge is 0.224 e. The van der Waals surface area contributed by atoms with Gasteiger partial charge in [0.05, 0.1) is 23.9 Å². The van der Waals surface area contributed by atoms with Crippen LogP contribution in [0.25, 0.3) is 0 Å². The lowest BCUT2D eigenvalue weighted by Gasteiger charge is -2.21. The van der Waals surface area contributed by atoms with Crippen LogP contribution in [0, 0.1) is 5.92 Å². The molecule has 0 saturated heterocycles. The number of hydrogen-bond donors (Lipinski definition) is 1. The van der Waals surface area contributed by atoms with Gasteiger partial charge in [0.1, 0.15) is 0 Å². The molecule has 3 rings (SSSR count). The highest BCUT2D eigenvalue weighted by Gasteiger charge is 2.19. The van der Waals surface area contributed by atoms with E-state index < -0.39 is 0 Å². The molecule has 5 heteroatoms. The largest absolute Gasteiger partial charge is 0.490 e. The van der Waals surface area contributed by atoms with E-state index in [0.717, 1.165) is 19.3 Å². The first-order valence-corrected chi connectivity index (χ1v) is 8.49. The Morgan fingerprint density at radius 2 is 1.77 bits per heavy atom. The Labute approximate surface area is 136 Å². The summed E-state index contributed by atoms with van der Waals surface area (Å²) in [6, 6.07) is 3.49. The van der Waals surface area contributed by atoms with Crippen LogP contribution in [0.15, 0.2) is 12.1 Å². The van der Waals surface area contributed by atoms with Crippen molar-refractivity contribution < 1.29 is 14.3 Å². The molecule has 1 amide bonds. The molecule has 1 aromatic rings. The Hall–Kier alpha value is -1.42. The number of amides is 1. The standard InChI is InChI=1S/C17H22ClNO3/c18-13-10-15-16(22-8-4-7-21-15)11-14(13)19-17(20)9-12-5-2-1-3-6-12/h10-12H,1-9H2,(H,19,20). The highest BCUT2D eigenvalue weighted by molar-refractivity contribution is 6.34. The summed E-state index contributed by atoms with van der Waals surface area (Å²) in [6.07, 6.45) is 7.50. The molecule has 0 unspecified atom stereocenters. The highest BCUT2D eigenvalue weighted by atomic mass is 35.5. The van der Waals surface area contributed by atoms with Gasteiger partial charge < -0.3 is 14.8 Å². The molecule has 1 aliphatic heterocycles. The average Bonchev–Trinajstić information content (AvgIpc) is 2.73. The molecule has 0 spiro atoms. The summed E-state index contributed by atoms with van der Waals surface area (Å²) in [7, 11) is 0. The van der Waals surface area contributed by atoms with E-state index in [4.69, 9.17) is 21.1 Å². The van der Waals surface area contributed by atoms with Gasteiger partial charge in [0.2, 0.25) is 5.91 Å². The Balaban J connectivity index is 1.66. The Bertz CT molecular complexity index is 541. The minimum atomic E-state index is 0.0308. The van der Waals surface area contributed by atoms with Gasteiger partial charge in [0.15, 0.2) is 11.5 Å². The van der Waals surface area contributed by atoms with Crippen LogP contribution in [-0.2, 0) is 4.79 Å². The number of fused-ring (bicyclic) bond motifs is 1. The van der Waals surface area contributed by atoms with Crippen molar-refractivity contribution in [3.63, 3.8) is 0 Å². The molecule has 120 valence electrons. The zero-order valence-electron chi connectivity index (χ0n) is 12.7. The topological polar surface area (TPSA) is 47.6 Å². The molecule has 0 bridgehead atoms. The minimum absolute atomic E-state index is 0.0308. The molecule has 0 aromatic heterocycles. The van der Waals surface area contributed by atoms with Gasteiger partial charge in [-0.1, -0.05) is 30.9 Å². The summed E-state index contributed by atoms with van der Waals surface area (Å²) < 4.78 is 11.2. The van der Waals surface area contributed by atoms with E-state index >= 15 is 0 Å². The van der Waals surface area contributed by atoms with Crippen LogP contribution >= 0.6 is 11.6 Å². The second-order valence-corrected chi connectivity index (χ2v) is 6.49. The number of halogens is 1. The third kappa shape index (κ3) is 3.86. The molecule has 1 saturated carbocycles. The second-order valence-electron chi connectivity index (χ2n) is 6.09. The predicted molar refractivity (Wildman–Crippen MR) is 86.9 cm³/mol. The lowest BCUT2D eigenvalue weighted by Crippen LogP contribution is -2.18. The van der Waals surface area contributed by atoms with Gasteiger partial charge in [-0.2, -0.15) is 0 Å². The fourth-order valence-electron chi connectivity index (χ4n) is 3.13. The predicted octanol–water partition coefficient (Wildman–Crippen LogP) is 4.41. The fourth-order valence-corrected chi connectivity index (χ4v) is 3.34. The zero-order valence-corrected chi connectivity index (χ0v) is 13.5. The number of hydrogen-bond acceptors (Lipinski definition) is 3. The van der Waals surface area contributed by atoms with Crippen LogP contribution in [0.5, 0.6) is 11.5 Å². The molecule has 1 heterocycles. The summed E-state index contributed by atoms with van der Waals surface area (Å²) in [5.41, 5.74) is 0.603. The summed E-state index contributed by atoms with van der Waals surface area (Å²) in [5.74, 6) is 1.83. The van der Waals surface area contributed by atoms with Crippen molar-refractivity contribution in [2.45, 2.75) is 44.9 Å². The van der Waals surface area contributed by atoms with Gasteiger partial charge in [0.25, 0.3) is 0 Å². The van der Waals surface area contributed by atoms with E-state index in [1.54, 1.807) is 12.1 Å². The van der Waals surface area contributed by atoms with Crippen molar-refractivity contribution in [1.82, 2.24) is 0 Å². The van der Waals surface area contributed by atoms with E-state index in [-0.39, 0.29) is 5.91 Å². The van der Waals surface area contributed by atoms with E-state index in [0.29, 0.717) is 47.8 Å². The lowest BCUT2D eigenvalue weighted by molar-refractivity contribution is -0.117. The van der Waals surface area contributed by atoms with Crippen molar-refractivity contribution in [3.05, 3.63) is 17.2 Å². The third-order valence-electron chi connectivity index (χ3n) is 4.31. The maximum Gasteiger partial charge on any atom is 0.224 e. The van der Waals surface area contributed by atoms with Crippen LogP contribution < -0.4 is 14.8 Å². The number of carbonyl (C=O) groups excluding carboxylic acids is 1. The molecule has 1 N–H and O–H groups in total. The van der Waals surface area contributed by atoms with Crippen molar-refractivity contribution >= 4 is 23.2 Å². The van der Waals surface area contributed by atoms with E-state index in [1.807, 2.05) is 0 Å². The van der Waals surface area contributed by atoms with Crippen molar-refractivity contribution in [3.8, 4) is 11.5 Å². The SMILES string of the molecule is O=C(CC1CCCCC1)Nc1cc2c(cc1Cl)OCCCO2. The fraction of sp³-hybridized carbons (Fsp3) is 0.588. The molecule has 1 fully saturated rings. The van der Waals surface area contributed by atoms with E-state index in [9.17, 15) is 4.79 Å². The molecule has 0 atom stereocenters. The second kappa shape index (κ2) is 7.23. The molecular formula is C17H22ClNO3. The van der Waals surface area contributed by atoms with Crippen LogP contribution in [-0.4, -0.2) is 19.1 Å². The Morgan fingerprint density at radius 3 is 2.50 bits per heavy atom. The van der Waals surface area contributed by atoms with Gasteiger partial charge >= 0.3 is 0 Å². The quantitative estimate of drug-likeness (QED) is 0.896. The van der Waals surface area contributed by atoms with Gasteiger partial charge in [-0.05, 0) is 18.8 Å². The molecule has 1 aliphatic carbocycles. The third-order valence-corrected chi connectivity index (χ3v) is 4.62. The number of benzene rings is 1. The lowest BCUT2D eigenvalue weighted by atomic mass is 9.87. The summed E-state index contributed by atoms with van der Waals surface area (Å²) in [6.45, 7) is 1.24. The maximum atomic E-state index is 12.2. The molecule has 4 nitrogen and oxygen atoms in total. The first kappa shape index (κ1) is 15.5.